The van der Waals surface area contributed by atoms with Crippen molar-refractivity contribution in [2.24, 2.45) is 0 Å². The molecule has 5 heterocycles. The molecule has 3 N–H and O–H groups in total. The lowest BCUT2D eigenvalue weighted by Crippen LogP contribution is -2.35. The van der Waals surface area contributed by atoms with Gasteiger partial charge in [0.05, 0.1) is 23.0 Å². The van der Waals surface area contributed by atoms with Crippen molar-refractivity contribution in [1.29, 1.82) is 0 Å². The summed E-state index contributed by atoms with van der Waals surface area (Å²) >= 11 is 0. The Bertz CT molecular complexity index is 1580. The summed E-state index contributed by atoms with van der Waals surface area (Å²) in [5.74, 6) is 2.11. The number of fused-ring (bicyclic) bond motifs is 4. The van der Waals surface area contributed by atoms with E-state index in [1.807, 2.05) is 24.3 Å². The van der Waals surface area contributed by atoms with Crippen LogP contribution in [0.2, 0.25) is 0 Å². The fraction of sp³-hybridized carbons (Fsp3) is 0.286. The third kappa shape index (κ3) is 2.69. The number of aromatic amines is 1. The number of hydrogen-bond acceptors (Lipinski definition) is 5. The molecule has 4 aromatic rings. The van der Waals surface area contributed by atoms with E-state index in [-0.39, 0.29) is 11.8 Å². The lowest BCUT2D eigenvalue weighted by atomic mass is 9.79. The smallest absolute Gasteiger partial charge is 0.237 e. The van der Waals surface area contributed by atoms with E-state index in [4.69, 9.17) is 4.98 Å². The Kier molecular flexibility index (Phi) is 3.86. The minimum absolute atomic E-state index is 0.0377. The molecule has 8 nitrogen and oxygen atoms in total. The number of amides is 2. The molecular weight excluding hydrogens is 452 g/mol. The Labute approximate surface area is 207 Å². The van der Waals surface area contributed by atoms with Gasteiger partial charge in [0, 0.05) is 47.6 Å². The number of nitrogens with zero attached hydrogens (tertiary/aromatic N) is 3. The average Bonchev–Trinajstić information content (AvgIpc) is 3.57. The maximum atomic E-state index is 13.0. The normalized spacial score (nSPS) is 20.8. The molecule has 2 aromatic heterocycles. The van der Waals surface area contributed by atoms with Crippen LogP contribution in [0.5, 0.6) is 0 Å². The Morgan fingerprint density at radius 1 is 1.06 bits per heavy atom. The summed E-state index contributed by atoms with van der Waals surface area (Å²) in [6, 6.07) is 14.4. The molecule has 0 saturated carbocycles. The van der Waals surface area contributed by atoms with Gasteiger partial charge in [-0.15, -0.1) is 0 Å². The third-order valence-corrected chi connectivity index (χ3v) is 8.43. The average molecular weight is 477 g/mol. The van der Waals surface area contributed by atoms with Crippen LogP contribution in [0.3, 0.4) is 0 Å². The highest BCUT2D eigenvalue weighted by Crippen LogP contribution is 2.48. The molecule has 0 radical (unpaired) electrons. The number of imidazole rings is 1. The second-order valence-electron chi connectivity index (χ2n) is 10.5. The van der Waals surface area contributed by atoms with Crippen LogP contribution in [-0.2, 0) is 34.4 Å². The number of pyridine rings is 1. The van der Waals surface area contributed by atoms with Crippen molar-refractivity contribution in [3.8, 4) is 0 Å². The zero-order chi connectivity index (χ0) is 24.0. The first-order valence-corrected chi connectivity index (χ1v) is 12.5. The fourth-order valence-electron chi connectivity index (χ4n) is 6.81. The lowest BCUT2D eigenvalue weighted by molar-refractivity contribution is -0.120. The van der Waals surface area contributed by atoms with E-state index in [9.17, 15) is 9.59 Å². The third-order valence-electron chi connectivity index (χ3n) is 8.43. The molecule has 36 heavy (non-hydrogen) atoms. The highest BCUT2D eigenvalue weighted by molar-refractivity contribution is 6.06. The van der Waals surface area contributed by atoms with Crippen LogP contribution in [0.1, 0.15) is 46.8 Å². The molecule has 8 rings (SSSR count). The van der Waals surface area contributed by atoms with E-state index in [0.29, 0.717) is 37.5 Å². The summed E-state index contributed by atoms with van der Waals surface area (Å²) in [7, 11) is 0. The summed E-state index contributed by atoms with van der Waals surface area (Å²) < 4.78 is 0. The molecule has 8 heteroatoms. The van der Waals surface area contributed by atoms with Crippen LogP contribution in [0.25, 0.3) is 11.0 Å². The summed E-state index contributed by atoms with van der Waals surface area (Å²) in [5, 5.41) is 6.05. The number of benzene rings is 2. The predicted molar refractivity (Wildman–Crippen MR) is 136 cm³/mol. The second-order valence-corrected chi connectivity index (χ2v) is 10.5. The summed E-state index contributed by atoms with van der Waals surface area (Å²) in [5.41, 5.74) is 8.13. The molecule has 2 unspecified atom stereocenters. The Balaban J connectivity index is 1.10. The fourth-order valence-corrected chi connectivity index (χ4v) is 6.81. The maximum absolute atomic E-state index is 13.0. The molecule has 1 aliphatic carbocycles. The largest absolute Gasteiger partial charge is 0.363 e. The van der Waals surface area contributed by atoms with Crippen LogP contribution in [-0.4, -0.2) is 33.3 Å². The van der Waals surface area contributed by atoms with Gasteiger partial charge in [0.2, 0.25) is 11.8 Å². The minimum atomic E-state index is -0.569. The van der Waals surface area contributed by atoms with Crippen LogP contribution in [0.15, 0.2) is 48.7 Å². The Morgan fingerprint density at radius 2 is 1.94 bits per heavy atom. The van der Waals surface area contributed by atoms with Crippen molar-refractivity contribution >= 4 is 40.0 Å². The number of nitrogens with one attached hydrogen (secondary N) is 3. The van der Waals surface area contributed by atoms with Crippen LogP contribution in [0, 0.1) is 0 Å². The molecule has 2 atom stereocenters. The van der Waals surface area contributed by atoms with E-state index in [2.05, 4.69) is 43.7 Å². The van der Waals surface area contributed by atoms with Crippen LogP contribution < -0.4 is 15.5 Å². The molecule has 0 bridgehead atoms. The molecule has 0 saturated heterocycles. The van der Waals surface area contributed by atoms with Gasteiger partial charge in [-0.2, -0.15) is 0 Å². The molecule has 0 fully saturated rings. The van der Waals surface area contributed by atoms with Crippen molar-refractivity contribution in [1.82, 2.24) is 15.0 Å². The Hall–Kier alpha value is -4.20. The molecule has 4 aliphatic rings. The molecule has 1 spiro atoms. The standard InChI is InChI=1S/C28H24N6O2/c35-24-7-6-15-13-34(22-5-1-4-19(32-24)25(15)22)14-23-30-20-9-16-11-28(12-17(16)10-21(20)31-23)18-3-2-8-29-26(18)33-27(28)36/h1-5,8-10,15H,6-7,11-14H2,(H,30,31)(H,32,35)(H,29,33,36). The van der Waals surface area contributed by atoms with Crippen molar-refractivity contribution in [2.75, 3.05) is 22.1 Å². The van der Waals surface area contributed by atoms with Gasteiger partial charge in [0.1, 0.15) is 11.6 Å². The number of anilines is 3. The summed E-state index contributed by atoms with van der Waals surface area (Å²) in [6.07, 6.45) is 4.49. The quantitative estimate of drug-likeness (QED) is 0.409. The van der Waals surface area contributed by atoms with Crippen molar-refractivity contribution in [2.45, 2.75) is 43.6 Å². The molecule has 2 amide bonds. The highest BCUT2D eigenvalue weighted by atomic mass is 16.2. The van der Waals surface area contributed by atoms with Gasteiger partial charge in [0.15, 0.2) is 0 Å². The van der Waals surface area contributed by atoms with Crippen LogP contribution in [0.4, 0.5) is 17.2 Å². The summed E-state index contributed by atoms with van der Waals surface area (Å²) in [6.45, 7) is 1.57. The first-order chi connectivity index (χ1) is 17.6. The zero-order valence-corrected chi connectivity index (χ0v) is 19.6. The minimum Gasteiger partial charge on any atom is -0.363 e. The van der Waals surface area contributed by atoms with Crippen molar-refractivity contribution in [3.05, 3.63) is 76.7 Å². The van der Waals surface area contributed by atoms with Gasteiger partial charge < -0.3 is 20.5 Å². The van der Waals surface area contributed by atoms with Crippen molar-refractivity contribution in [3.63, 3.8) is 0 Å². The molecule has 3 aliphatic heterocycles. The summed E-state index contributed by atoms with van der Waals surface area (Å²) in [4.78, 5) is 40.3. The van der Waals surface area contributed by atoms with Gasteiger partial charge in [0.25, 0.3) is 0 Å². The number of carbonyl (C=O) groups excluding carboxylic acids is 2. The topological polar surface area (TPSA) is 103 Å². The number of carbonyl (C=O) groups is 2. The van der Waals surface area contributed by atoms with Gasteiger partial charge in [-0.05, 0) is 60.7 Å². The molecule has 178 valence electrons. The van der Waals surface area contributed by atoms with E-state index in [1.165, 1.54) is 22.4 Å². The zero-order valence-electron chi connectivity index (χ0n) is 19.6. The lowest BCUT2D eigenvalue weighted by Gasteiger charge is -2.20. The first kappa shape index (κ1) is 20.0. The van der Waals surface area contributed by atoms with Gasteiger partial charge in [-0.25, -0.2) is 9.97 Å². The van der Waals surface area contributed by atoms with Gasteiger partial charge in [-0.1, -0.05) is 12.1 Å². The predicted octanol–water partition coefficient (Wildman–Crippen LogP) is 3.78. The monoisotopic (exact) mass is 476 g/mol. The van der Waals surface area contributed by atoms with E-state index >= 15 is 0 Å². The second kappa shape index (κ2) is 6.94. The Morgan fingerprint density at radius 3 is 2.86 bits per heavy atom. The van der Waals surface area contributed by atoms with Crippen LogP contribution >= 0.6 is 0 Å². The van der Waals surface area contributed by atoms with E-state index < -0.39 is 5.41 Å². The van der Waals surface area contributed by atoms with E-state index in [0.717, 1.165) is 41.1 Å². The number of rotatable bonds is 2. The first-order valence-electron chi connectivity index (χ1n) is 12.5. The number of hydrogen-bond donors (Lipinski definition) is 3. The van der Waals surface area contributed by atoms with E-state index in [1.54, 1.807) is 6.20 Å². The van der Waals surface area contributed by atoms with Gasteiger partial charge >= 0.3 is 0 Å². The highest BCUT2D eigenvalue weighted by Gasteiger charge is 2.51. The van der Waals surface area contributed by atoms with Gasteiger partial charge in [-0.3, -0.25) is 9.59 Å². The molecular formula is C28H24N6O2. The molecule has 2 aromatic carbocycles. The number of H-pyrrole nitrogens is 1. The number of aromatic nitrogens is 3. The van der Waals surface area contributed by atoms with Crippen molar-refractivity contribution < 1.29 is 9.59 Å². The maximum Gasteiger partial charge on any atom is 0.237 e. The SMILES string of the molecule is O=C1CCC2CN(Cc3nc4cc5c(cc4[nH]3)CC3(C5)C(=O)Nc4ncccc43)c3cccc(c32)N1.